The third kappa shape index (κ3) is 3.50. The van der Waals surface area contributed by atoms with Crippen LogP contribution in [0.4, 0.5) is 8.78 Å². The van der Waals surface area contributed by atoms with E-state index in [1.165, 1.54) is 30.3 Å². The number of nitrogens with zero attached hydrogens (tertiary/aromatic N) is 1. The molecule has 0 aromatic heterocycles. The molecule has 26 heavy (non-hydrogen) atoms. The number of ether oxygens (including phenoxy) is 1. The van der Waals surface area contributed by atoms with Gasteiger partial charge in [0.05, 0.1) is 11.6 Å². The molecule has 0 spiro atoms. The Bertz CT molecular complexity index is 925. The Kier molecular flexibility index (Phi) is 5.13. The van der Waals surface area contributed by atoms with Crippen LogP contribution in [-0.2, 0) is 12.8 Å². The topological polar surface area (TPSA) is 50.1 Å². The zero-order valence-electron chi connectivity index (χ0n) is 14.3. The molecule has 0 unspecified atom stereocenters. The van der Waals surface area contributed by atoms with Crippen molar-refractivity contribution in [3.05, 3.63) is 75.9 Å². The molecule has 5 heteroatoms. The quantitative estimate of drug-likeness (QED) is 0.447. The fraction of sp³-hybridized carbons (Fsp3) is 0.238. The van der Waals surface area contributed by atoms with Crippen molar-refractivity contribution in [3.8, 4) is 11.8 Å². The number of carbonyl (C=O) groups is 1. The third-order valence-electron chi connectivity index (χ3n) is 4.39. The fourth-order valence-electron chi connectivity index (χ4n) is 3.10. The smallest absolute Gasteiger partial charge is 0.349 e. The van der Waals surface area contributed by atoms with Crippen molar-refractivity contribution in [3.63, 3.8) is 0 Å². The highest BCUT2D eigenvalue weighted by Crippen LogP contribution is 2.30. The summed E-state index contributed by atoms with van der Waals surface area (Å²) in [7, 11) is 0. The molecule has 0 heterocycles. The maximum atomic E-state index is 14.8. The molecule has 1 aliphatic rings. The molecule has 0 radical (unpaired) electrons. The van der Waals surface area contributed by atoms with Crippen LogP contribution >= 0.6 is 0 Å². The van der Waals surface area contributed by atoms with Crippen LogP contribution in [0.1, 0.15) is 46.8 Å². The van der Waals surface area contributed by atoms with E-state index in [0.29, 0.717) is 29.5 Å². The van der Waals surface area contributed by atoms with Gasteiger partial charge in [-0.15, -0.1) is 0 Å². The second-order valence-electron chi connectivity index (χ2n) is 6.20. The molecule has 132 valence electrons. The Morgan fingerprint density at radius 2 is 2.00 bits per heavy atom. The van der Waals surface area contributed by atoms with Gasteiger partial charge in [-0.1, -0.05) is 25.0 Å². The summed E-state index contributed by atoms with van der Waals surface area (Å²) in [5.74, 6) is -2.74. The number of fused-ring (bicyclic) bond motifs is 1. The molecule has 3 rings (SSSR count). The second-order valence-corrected chi connectivity index (χ2v) is 6.20. The van der Waals surface area contributed by atoms with Crippen molar-refractivity contribution < 1.29 is 18.3 Å². The van der Waals surface area contributed by atoms with Crippen molar-refractivity contribution in [1.29, 1.82) is 5.26 Å². The molecule has 0 amide bonds. The van der Waals surface area contributed by atoms with E-state index in [9.17, 15) is 13.6 Å². The van der Waals surface area contributed by atoms with E-state index in [1.807, 2.05) is 12.1 Å². The van der Waals surface area contributed by atoms with Gasteiger partial charge in [0.25, 0.3) is 0 Å². The Labute approximate surface area is 150 Å². The summed E-state index contributed by atoms with van der Waals surface area (Å²) < 4.78 is 34.3. The number of hydrogen-bond acceptors (Lipinski definition) is 3. The van der Waals surface area contributed by atoms with Gasteiger partial charge in [-0.05, 0) is 60.7 Å². The first-order valence-electron chi connectivity index (χ1n) is 8.43. The molecule has 1 aliphatic carbocycles. The maximum Gasteiger partial charge on any atom is 0.349 e. The molecule has 3 nitrogen and oxygen atoms in total. The number of esters is 1. The average molecular weight is 353 g/mol. The number of halogens is 2. The molecule has 2 aromatic rings. The number of allylic oxidation sites excluding steroid dienone is 2. The van der Waals surface area contributed by atoms with Gasteiger partial charge in [-0.25, -0.2) is 13.6 Å². The highest BCUT2D eigenvalue weighted by atomic mass is 19.1. The van der Waals surface area contributed by atoms with Crippen LogP contribution in [0.25, 0.3) is 0 Å². The number of carbonyl (C=O) groups excluding carboxylic acids is 1. The minimum atomic E-state index is -1.09. The summed E-state index contributed by atoms with van der Waals surface area (Å²) in [6, 6.07) is 8.91. The van der Waals surface area contributed by atoms with Gasteiger partial charge in [0.2, 0.25) is 0 Å². The lowest BCUT2D eigenvalue weighted by Gasteiger charge is -2.19. The van der Waals surface area contributed by atoms with Crippen molar-refractivity contribution in [1.82, 2.24) is 0 Å². The van der Waals surface area contributed by atoms with Crippen LogP contribution in [0.3, 0.4) is 0 Å². The van der Waals surface area contributed by atoms with E-state index >= 15 is 0 Å². The molecule has 0 saturated carbocycles. The summed E-state index contributed by atoms with van der Waals surface area (Å²) in [4.78, 5) is 12.3. The maximum absolute atomic E-state index is 14.8. The highest BCUT2D eigenvalue weighted by molar-refractivity contribution is 5.92. The molecular weight excluding hydrogens is 336 g/mol. The lowest BCUT2D eigenvalue weighted by Crippen LogP contribution is -2.17. The van der Waals surface area contributed by atoms with E-state index in [-0.39, 0.29) is 5.75 Å². The van der Waals surface area contributed by atoms with Gasteiger partial charge in [0.1, 0.15) is 22.9 Å². The second kappa shape index (κ2) is 7.49. The first kappa shape index (κ1) is 17.8. The minimum absolute atomic E-state index is 0.121. The SMILES string of the molecule is CCCC1=CCc2c(cc(F)c(C(=O)Oc3ccc(C#N)cc3)c2F)C1. The van der Waals surface area contributed by atoms with Crippen LogP contribution in [0, 0.1) is 23.0 Å². The zero-order chi connectivity index (χ0) is 18.7. The van der Waals surface area contributed by atoms with E-state index in [2.05, 4.69) is 6.92 Å². The van der Waals surface area contributed by atoms with Crippen molar-refractivity contribution >= 4 is 5.97 Å². The Hall–Kier alpha value is -3.00. The predicted octanol–water partition coefficient (Wildman–Crippen LogP) is 4.88. The molecular formula is C21H17F2NO2. The van der Waals surface area contributed by atoms with Crippen LogP contribution < -0.4 is 4.74 Å². The summed E-state index contributed by atoms with van der Waals surface area (Å²) in [5, 5.41) is 8.76. The molecule has 0 fully saturated rings. The van der Waals surface area contributed by atoms with Crippen LogP contribution in [0.15, 0.2) is 42.0 Å². The fourth-order valence-corrected chi connectivity index (χ4v) is 3.10. The van der Waals surface area contributed by atoms with Gasteiger partial charge >= 0.3 is 5.97 Å². The number of nitriles is 1. The van der Waals surface area contributed by atoms with Gasteiger partial charge in [-0.3, -0.25) is 0 Å². The van der Waals surface area contributed by atoms with E-state index in [4.69, 9.17) is 10.00 Å². The first-order chi connectivity index (χ1) is 12.5. The molecule has 0 aliphatic heterocycles. The summed E-state index contributed by atoms with van der Waals surface area (Å²) >= 11 is 0. The Morgan fingerprint density at radius 1 is 1.27 bits per heavy atom. The van der Waals surface area contributed by atoms with Crippen molar-refractivity contribution in [2.75, 3.05) is 0 Å². The molecule has 0 N–H and O–H groups in total. The zero-order valence-corrected chi connectivity index (χ0v) is 14.3. The van der Waals surface area contributed by atoms with Gasteiger partial charge in [0, 0.05) is 0 Å². The molecule has 0 saturated heterocycles. The van der Waals surface area contributed by atoms with Gasteiger partial charge in [0.15, 0.2) is 0 Å². The summed E-state index contributed by atoms with van der Waals surface area (Å²) in [6.07, 6.45) is 4.66. The summed E-state index contributed by atoms with van der Waals surface area (Å²) in [6.45, 7) is 2.06. The summed E-state index contributed by atoms with van der Waals surface area (Å²) in [5.41, 5.74) is 1.80. The van der Waals surface area contributed by atoms with Gasteiger partial charge < -0.3 is 4.74 Å². The standard InChI is InChI=1S/C21H17F2NO2/c1-2-3-13-6-9-17-15(10-13)11-18(22)19(20(17)23)21(25)26-16-7-4-14(12-24)5-8-16/h4-8,11H,2-3,9-10H2,1H3. The van der Waals surface area contributed by atoms with Crippen LogP contribution in [0.2, 0.25) is 0 Å². The number of hydrogen-bond donors (Lipinski definition) is 0. The average Bonchev–Trinajstić information content (AvgIpc) is 2.62. The Balaban J connectivity index is 1.87. The molecule has 2 aromatic carbocycles. The normalized spacial score (nSPS) is 12.8. The van der Waals surface area contributed by atoms with E-state index in [1.54, 1.807) is 0 Å². The minimum Gasteiger partial charge on any atom is -0.423 e. The largest absolute Gasteiger partial charge is 0.423 e. The number of benzene rings is 2. The van der Waals surface area contributed by atoms with Crippen LogP contribution in [-0.4, -0.2) is 5.97 Å². The van der Waals surface area contributed by atoms with Gasteiger partial charge in [-0.2, -0.15) is 5.26 Å². The number of rotatable bonds is 4. The Morgan fingerprint density at radius 3 is 2.65 bits per heavy atom. The highest BCUT2D eigenvalue weighted by Gasteiger charge is 2.26. The molecule has 0 bridgehead atoms. The van der Waals surface area contributed by atoms with Crippen molar-refractivity contribution in [2.24, 2.45) is 0 Å². The van der Waals surface area contributed by atoms with E-state index < -0.39 is 23.2 Å². The van der Waals surface area contributed by atoms with Crippen LogP contribution in [0.5, 0.6) is 5.75 Å². The predicted molar refractivity (Wildman–Crippen MR) is 92.9 cm³/mol. The monoisotopic (exact) mass is 353 g/mol. The van der Waals surface area contributed by atoms with Crippen molar-refractivity contribution in [2.45, 2.75) is 32.6 Å². The lowest BCUT2D eigenvalue weighted by molar-refractivity contribution is 0.0724. The lowest BCUT2D eigenvalue weighted by atomic mass is 9.88. The first-order valence-corrected chi connectivity index (χ1v) is 8.43. The third-order valence-corrected chi connectivity index (χ3v) is 4.39. The molecule has 0 atom stereocenters. The van der Waals surface area contributed by atoms with E-state index in [0.717, 1.165) is 18.4 Å².